The van der Waals surface area contributed by atoms with Crippen LogP contribution in [0.3, 0.4) is 0 Å². The van der Waals surface area contributed by atoms with Gasteiger partial charge in [-0.05, 0) is 30.3 Å². The third-order valence-electron chi connectivity index (χ3n) is 2.90. The van der Waals surface area contributed by atoms with Crippen LogP contribution in [0.25, 0.3) is 0 Å². The Balaban J connectivity index is 2.48. The number of hydrogen-bond donors (Lipinski definition) is 1. The van der Waals surface area contributed by atoms with Crippen LogP contribution in [-0.2, 0) is 0 Å². The monoisotopic (exact) mass is 297 g/mol. The van der Waals surface area contributed by atoms with Crippen molar-refractivity contribution in [2.45, 2.75) is 13.0 Å². The fraction of sp³-hybridized carbons (Fsp3) is 0.200. The molecule has 1 N–H and O–H groups in total. The molecule has 0 saturated heterocycles. The Hall–Kier alpha value is -1.09. The van der Waals surface area contributed by atoms with Crippen LogP contribution in [0.5, 0.6) is 0 Å². The van der Waals surface area contributed by atoms with Gasteiger partial charge in [-0.15, -0.1) is 0 Å². The molecule has 2 rings (SSSR count). The first-order valence-electron chi connectivity index (χ1n) is 6.06. The smallest absolute Gasteiger partial charge is 0.129 e. The predicted octanol–water partition coefficient (Wildman–Crippen LogP) is 4.83. The summed E-state index contributed by atoms with van der Waals surface area (Å²) in [7, 11) is 0. The van der Waals surface area contributed by atoms with Crippen molar-refractivity contribution in [1.29, 1.82) is 0 Å². The highest BCUT2D eigenvalue weighted by Gasteiger charge is 2.19. The summed E-state index contributed by atoms with van der Waals surface area (Å²) in [6.45, 7) is 2.68. The predicted molar refractivity (Wildman–Crippen MR) is 78.4 cm³/mol. The average molecular weight is 298 g/mol. The molecule has 19 heavy (non-hydrogen) atoms. The maximum absolute atomic E-state index is 14.1. The second-order valence-corrected chi connectivity index (χ2v) is 5.02. The zero-order chi connectivity index (χ0) is 13.8. The fourth-order valence-electron chi connectivity index (χ4n) is 2.04. The molecule has 2 aromatic rings. The van der Waals surface area contributed by atoms with E-state index in [1.54, 1.807) is 18.2 Å². The topological polar surface area (TPSA) is 12.0 Å². The van der Waals surface area contributed by atoms with Gasteiger partial charge in [0.15, 0.2) is 0 Å². The summed E-state index contributed by atoms with van der Waals surface area (Å²) in [4.78, 5) is 0. The second kappa shape index (κ2) is 6.38. The quantitative estimate of drug-likeness (QED) is 0.852. The van der Waals surface area contributed by atoms with Crippen molar-refractivity contribution >= 4 is 23.2 Å². The van der Waals surface area contributed by atoms with E-state index >= 15 is 0 Å². The first-order valence-corrected chi connectivity index (χ1v) is 6.81. The minimum absolute atomic E-state index is 0.282. The summed E-state index contributed by atoms with van der Waals surface area (Å²) in [5.41, 5.74) is 1.39. The molecule has 100 valence electrons. The van der Waals surface area contributed by atoms with Gasteiger partial charge < -0.3 is 5.32 Å². The Kier molecular flexibility index (Phi) is 4.81. The lowest BCUT2D eigenvalue weighted by atomic mass is 9.98. The highest BCUT2D eigenvalue weighted by atomic mass is 35.5. The summed E-state index contributed by atoms with van der Waals surface area (Å²) in [5, 5.41) is 4.25. The summed E-state index contributed by atoms with van der Waals surface area (Å²) >= 11 is 12.0. The number of hydrogen-bond acceptors (Lipinski definition) is 1. The van der Waals surface area contributed by atoms with Gasteiger partial charge in [-0.25, -0.2) is 4.39 Å². The van der Waals surface area contributed by atoms with E-state index in [0.29, 0.717) is 22.2 Å². The van der Waals surface area contributed by atoms with Crippen molar-refractivity contribution in [3.05, 3.63) is 69.5 Å². The van der Waals surface area contributed by atoms with Gasteiger partial charge in [0.05, 0.1) is 6.04 Å². The second-order valence-electron chi connectivity index (χ2n) is 4.18. The number of halogens is 3. The molecule has 1 unspecified atom stereocenters. The molecule has 1 atom stereocenters. The van der Waals surface area contributed by atoms with Crippen molar-refractivity contribution in [3.8, 4) is 0 Å². The van der Waals surface area contributed by atoms with Gasteiger partial charge in [-0.1, -0.05) is 54.4 Å². The average Bonchev–Trinajstić information content (AvgIpc) is 2.38. The largest absolute Gasteiger partial charge is 0.306 e. The summed E-state index contributed by atoms with van der Waals surface area (Å²) in [6.07, 6.45) is 0. The maximum atomic E-state index is 14.1. The van der Waals surface area contributed by atoms with E-state index in [1.807, 2.05) is 25.1 Å². The van der Waals surface area contributed by atoms with E-state index in [4.69, 9.17) is 23.2 Å². The molecular formula is C15H14Cl2FN. The van der Waals surface area contributed by atoms with Gasteiger partial charge in [0, 0.05) is 15.6 Å². The molecular weight excluding hydrogens is 284 g/mol. The third kappa shape index (κ3) is 3.27. The van der Waals surface area contributed by atoms with Crippen LogP contribution in [0.15, 0.2) is 42.5 Å². The molecule has 0 heterocycles. The number of nitrogens with one attached hydrogen (secondary N) is 1. The summed E-state index contributed by atoms with van der Waals surface area (Å²) in [5.74, 6) is -0.335. The van der Waals surface area contributed by atoms with Crippen LogP contribution in [0.2, 0.25) is 10.0 Å². The van der Waals surface area contributed by atoms with Crippen LogP contribution in [-0.4, -0.2) is 6.54 Å². The molecule has 1 nitrogen and oxygen atoms in total. The van der Waals surface area contributed by atoms with Crippen LogP contribution >= 0.6 is 23.2 Å². The minimum Gasteiger partial charge on any atom is -0.306 e. The molecule has 0 aromatic heterocycles. The molecule has 0 aliphatic carbocycles. The first kappa shape index (κ1) is 14.3. The molecule has 0 radical (unpaired) electrons. The highest BCUT2D eigenvalue weighted by Crippen LogP contribution is 2.30. The van der Waals surface area contributed by atoms with Gasteiger partial charge in [-0.2, -0.15) is 0 Å². The van der Waals surface area contributed by atoms with E-state index in [-0.39, 0.29) is 11.9 Å². The minimum atomic E-state index is -0.335. The van der Waals surface area contributed by atoms with Crippen molar-refractivity contribution in [2.75, 3.05) is 6.54 Å². The van der Waals surface area contributed by atoms with Gasteiger partial charge in [-0.3, -0.25) is 0 Å². The highest BCUT2D eigenvalue weighted by molar-refractivity contribution is 6.31. The molecule has 0 aliphatic heterocycles. The van der Waals surface area contributed by atoms with Crippen molar-refractivity contribution in [3.63, 3.8) is 0 Å². The molecule has 0 saturated carbocycles. The third-order valence-corrected chi connectivity index (χ3v) is 3.48. The zero-order valence-corrected chi connectivity index (χ0v) is 12.0. The molecule has 0 bridgehead atoms. The maximum Gasteiger partial charge on any atom is 0.129 e. The molecule has 0 fully saturated rings. The van der Waals surface area contributed by atoms with E-state index in [2.05, 4.69) is 5.32 Å². The molecule has 4 heteroatoms. The first-order chi connectivity index (χ1) is 9.13. The van der Waals surface area contributed by atoms with Crippen LogP contribution in [0.4, 0.5) is 4.39 Å². The van der Waals surface area contributed by atoms with Gasteiger partial charge in [0.1, 0.15) is 5.82 Å². The lowest BCUT2D eigenvalue weighted by Gasteiger charge is -2.20. The van der Waals surface area contributed by atoms with Crippen molar-refractivity contribution in [2.24, 2.45) is 0 Å². The van der Waals surface area contributed by atoms with Crippen LogP contribution < -0.4 is 5.32 Å². The van der Waals surface area contributed by atoms with E-state index in [9.17, 15) is 4.39 Å². The summed E-state index contributed by atoms with van der Waals surface area (Å²) < 4.78 is 14.1. The van der Waals surface area contributed by atoms with Crippen LogP contribution in [0, 0.1) is 5.82 Å². The fourth-order valence-corrected chi connectivity index (χ4v) is 2.44. The van der Waals surface area contributed by atoms with E-state index in [1.165, 1.54) is 6.07 Å². The van der Waals surface area contributed by atoms with Gasteiger partial charge >= 0.3 is 0 Å². The van der Waals surface area contributed by atoms with E-state index in [0.717, 1.165) is 5.56 Å². The normalized spacial score (nSPS) is 12.4. The Morgan fingerprint density at radius 1 is 1.11 bits per heavy atom. The van der Waals surface area contributed by atoms with Crippen molar-refractivity contribution < 1.29 is 4.39 Å². The molecule has 0 aliphatic rings. The van der Waals surface area contributed by atoms with Crippen LogP contribution in [0.1, 0.15) is 24.1 Å². The Morgan fingerprint density at radius 3 is 2.47 bits per heavy atom. The van der Waals surface area contributed by atoms with Gasteiger partial charge in [0.25, 0.3) is 0 Å². The summed E-state index contributed by atoms with van der Waals surface area (Å²) in [6, 6.07) is 11.8. The SMILES string of the molecule is CCNC(c1ccc(Cl)cc1F)c1ccccc1Cl. The number of rotatable bonds is 4. The standard InChI is InChI=1S/C15H14Cl2FN/c1-2-19-15(11-5-3-4-6-13(11)17)12-8-7-10(16)9-14(12)18/h3-9,15,19H,2H2,1H3. The lowest BCUT2D eigenvalue weighted by Crippen LogP contribution is -2.23. The van der Waals surface area contributed by atoms with E-state index < -0.39 is 0 Å². The Labute approximate surface area is 122 Å². The number of benzene rings is 2. The van der Waals surface area contributed by atoms with Crippen molar-refractivity contribution in [1.82, 2.24) is 5.32 Å². The molecule has 0 amide bonds. The zero-order valence-electron chi connectivity index (χ0n) is 10.5. The van der Waals surface area contributed by atoms with Gasteiger partial charge in [0.2, 0.25) is 0 Å². The lowest BCUT2D eigenvalue weighted by molar-refractivity contribution is 0.559. The molecule has 0 spiro atoms. The Bertz CT molecular complexity index is 572. The molecule has 2 aromatic carbocycles. The Morgan fingerprint density at radius 2 is 1.84 bits per heavy atom.